The molecule has 0 heterocycles. The highest BCUT2D eigenvalue weighted by Crippen LogP contribution is 2.11. The maximum absolute atomic E-state index is 12.0. The molecule has 100 valence electrons. The molecule has 0 aliphatic rings. The SMILES string of the molecule is Cc1cc(N)cc(C(=O)NC(C)CCN(C)C)c1. The fourth-order valence-corrected chi connectivity index (χ4v) is 1.77. The quantitative estimate of drug-likeness (QED) is 0.780. The molecule has 1 amide bonds. The highest BCUT2D eigenvalue weighted by atomic mass is 16.1. The number of nitrogen functional groups attached to an aromatic ring is 1. The fraction of sp³-hybridized carbons (Fsp3) is 0.500. The van der Waals surface area contributed by atoms with E-state index in [0.29, 0.717) is 11.3 Å². The average molecular weight is 249 g/mol. The van der Waals surface area contributed by atoms with Crippen LogP contribution < -0.4 is 11.1 Å². The third-order valence-corrected chi connectivity index (χ3v) is 2.75. The van der Waals surface area contributed by atoms with Crippen molar-refractivity contribution < 1.29 is 4.79 Å². The first-order valence-corrected chi connectivity index (χ1v) is 6.21. The van der Waals surface area contributed by atoms with Gasteiger partial charge in [-0.15, -0.1) is 0 Å². The summed E-state index contributed by atoms with van der Waals surface area (Å²) in [5.41, 5.74) is 8.00. The third kappa shape index (κ3) is 4.75. The van der Waals surface area contributed by atoms with Gasteiger partial charge in [-0.2, -0.15) is 0 Å². The minimum absolute atomic E-state index is 0.0587. The molecule has 4 heteroatoms. The summed E-state index contributed by atoms with van der Waals surface area (Å²) < 4.78 is 0. The Bertz CT molecular complexity index is 395. The van der Waals surface area contributed by atoms with Crippen molar-refractivity contribution in [2.45, 2.75) is 26.3 Å². The van der Waals surface area contributed by atoms with Gasteiger partial charge in [0.2, 0.25) is 0 Å². The number of nitrogens with one attached hydrogen (secondary N) is 1. The highest BCUT2D eigenvalue weighted by Gasteiger charge is 2.10. The van der Waals surface area contributed by atoms with Crippen LogP contribution in [0.25, 0.3) is 0 Å². The highest BCUT2D eigenvalue weighted by molar-refractivity contribution is 5.95. The fourth-order valence-electron chi connectivity index (χ4n) is 1.77. The zero-order chi connectivity index (χ0) is 13.7. The van der Waals surface area contributed by atoms with Gasteiger partial charge in [-0.05, 0) is 64.7 Å². The molecule has 0 aliphatic heterocycles. The van der Waals surface area contributed by atoms with Crippen LogP contribution in [0.15, 0.2) is 18.2 Å². The lowest BCUT2D eigenvalue weighted by molar-refractivity contribution is 0.0936. The van der Waals surface area contributed by atoms with E-state index in [0.717, 1.165) is 18.5 Å². The van der Waals surface area contributed by atoms with E-state index in [9.17, 15) is 4.79 Å². The Balaban J connectivity index is 2.59. The van der Waals surface area contributed by atoms with E-state index in [4.69, 9.17) is 5.73 Å². The molecule has 0 aromatic heterocycles. The number of aryl methyl sites for hydroxylation is 1. The molecule has 1 rings (SSSR count). The minimum atomic E-state index is -0.0587. The molecule has 0 saturated carbocycles. The number of amides is 1. The van der Waals surface area contributed by atoms with Crippen molar-refractivity contribution >= 4 is 11.6 Å². The number of anilines is 1. The van der Waals surface area contributed by atoms with Gasteiger partial charge < -0.3 is 16.0 Å². The Morgan fingerprint density at radius 1 is 1.39 bits per heavy atom. The monoisotopic (exact) mass is 249 g/mol. The van der Waals surface area contributed by atoms with Gasteiger partial charge in [-0.1, -0.05) is 0 Å². The Labute approximate surface area is 109 Å². The molecule has 0 aliphatic carbocycles. The van der Waals surface area contributed by atoms with Gasteiger partial charge in [-0.3, -0.25) is 4.79 Å². The summed E-state index contributed by atoms with van der Waals surface area (Å²) in [4.78, 5) is 14.1. The van der Waals surface area contributed by atoms with E-state index in [1.807, 2.05) is 40.1 Å². The van der Waals surface area contributed by atoms with Gasteiger partial charge in [0.05, 0.1) is 0 Å². The van der Waals surface area contributed by atoms with Crippen molar-refractivity contribution in [3.8, 4) is 0 Å². The second kappa shape index (κ2) is 6.40. The number of nitrogens with two attached hydrogens (primary N) is 1. The van der Waals surface area contributed by atoms with Crippen LogP contribution in [0, 0.1) is 6.92 Å². The number of hydrogen-bond acceptors (Lipinski definition) is 3. The number of benzene rings is 1. The lowest BCUT2D eigenvalue weighted by Gasteiger charge is -2.17. The molecule has 0 radical (unpaired) electrons. The van der Waals surface area contributed by atoms with Crippen molar-refractivity contribution in [3.63, 3.8) is 0 Å². The van der Waals surface area contributed by atoms with Crippen LogP contribution >= 0.6 is 0 Å². The van der Waals surface area contributed by atoms with Gasteiger partial charge in [-0.25, -0.2) is 0 Å². The van der Waals surface area contributed by atoms with Crippen molar-refractivity contribution in [1.82, 2.24) is 10.2 Å². The summed E-state index contributed by atoms with van der Waals surface area (Å²) in [6.07, 6.45) is 0.931. The van der Waals surface area contributed by atoms with E-state index >= 15 is 0 Å². The number of hydrogen-bond donors (Lipinski definition) is 2. The van der Waals surface area contributed by atoms with Crippen LogP contribution in [0.1, 0.15) is 29.3 Å². The number of carbonyl (C=O) groups excluding carboxylic acids is 1. The van der Waals surface area contributed by atoms with E-state index in [1.54, 1.807) is 6.07 Å². The first kappa shape index (κ1) is 14.5. The standard InChI is InChI=1S/C14H23N3O/c1-10-7-12(9-13(15)8-10)14(18)16-11(2)5-6-17(3)4/h7-9,11H,5-6,15H2,1-4H3,(H,16,18). The Morgan fingerprint density at radius 2 is 2.06 bits per heavy atom. The molecular weight excluding hydrogens is 226 g/mol. The molecule has 0 fully saturated rings. The first-order valence-electron chi connectivity index (χ1n) is 6.21. The van der Waals surface area contributed by atoms with E-state index < -0.39 is 0 Å². The van der Waals surface area contributed by atoms with Gasteiger partial charge in [0, 0.05) is 17.3 Å². The van der Waals surface area contributed by atoms with Gasteiger partial charge in [0.15, 0.2) is 0 Å². The lowest BCUT2D eigenvalue weighted by atomic mass is 10.1. The summed E-state index contributed by atoms with van der Waals surface area (Å²) in [5, 5.41) is 2.98. The first-order chi connectivity index (χ1) is 8.38. The van der Waals surface area contributed by atoms with Crippen molar-refractivity contribution in [3.05, 3.63) is 29.3 Å². The summed E-state index contributed by atoms with van der Waals surface area (Å²) in [6, 6.07) is 5.57. The van der Waals surface area contributed by atoms with Crippen LogP contribution in [-0.4, -0.2) is 37.5 Å². The number of nitrogens with zero attached hydrogens (tertiary/aromatic N) is 1. The van der Waals surface area contributed by atoms with Gasteiger partial charge in [0.1, 0.15) is 0 Å². The lowest BCUT2D eigenvalue weighted by Crippen LogP contribution is -2.34. The molecule has 1 aromatic carbocycles. The Hall–Kier alpha value is -1.55. The molecular formula is C14H23N3O. The molecule has 4 nitrogen and oxygen atoms in total. The average Bonchev–Trinajstić information content (AvgIpc) is 2.25. The van der Waals surface area contributed by atoms with Crippen molar-refractivity contribution in [1.29, 1.82) is 0 Å². The molecule has 1 unspecified atom stereocenters. The van der Waals surface area contributed by atoms with E-state index in [1.165, 1.54) is 0 Å². The molecule has 0 spiro atoms. The maximum atomic E-state index is 12.0. The molecule has 0 saturated heterocycles. The van der Waals surface area contributed by atoms with Crippen LogP contribution in [0.2, 0.25) is 0 Å². The van der Waals surface area contributed by atoms with Crippen molar-refractivity contribution in [2.24, 2.45) is 0 Å². The smallest absolute Gasteiger partial charge is 0.251 e. The van der Waals surface area contributed by atoms with Gasteiger partial charge >= 0.3 is 0 Å². The summed E-state index contributed by atoms with van der Waals surface area (Å²) >= 11 is 0. The third-order valence-electron chi connectivity index (χ3n) is 2.75. The zero-order valence-electron chi connectivity index (χ0n) is 11.7. The van der Waals surface area contributed by atoms with Crippen LogP contribution in [0.5, 0.6) is 0 Å². The Morgan fingerprint density at radius 3 is 2.61 bits per heavy atom. The number of rotatable bonds is 5. The second-order valence-corrected chi connectivity index (χ2v) is 5.10. The topological polar surface area (TPSA) is 58.4 Å². The molecule has 1 aromatic rings. The van der Waals surface area contributed by atoms with Gasteiger partial charge in [0.25, 0.3) is 5.91 Å². The van der Waals surface area contributed by atoms with E-state index in [-0.39, 0.29) is 11.9 Å². The molecule has 1 atom stereocenters. The zero-order valence-corrected chi connectivity index (χ0v) is 11.7. The predicted octanol–water partition coefficient (Wildman–Crippen LogP) is 1.65. The molecule has 3 N–H and O–H groups in total. The second-order valence-electron chi connectivity index (χ2n) is 5.10. The van der Waals surface area contributed by atoms with Crippen LogP contribution in [-0.2, 0) is 0 Å². The summed E-state index contributed by atoms with van der Waals surface area (Å²) in [6.45, 7) is 4.90. The van der Waals surface area contributed by atoms with Crippen LogP contribution in [0.3, 0.4) is 0 Å². The normalized spacial score (nSPS) is 12.5. The summed E-state index contributed by atoms with van der Waals surface area (Å²) in [5.74, 6) is -0.0587. The number of carbonyl (C=O) groups is 1. The largest absolute Gasteiger partial charge is 0.399 e. The van der Waals surface area contributed by atoms with Crippen molar-refractivity contribution in [2.75, 3.05) is 26.4 Å². The molecule has 0 bridgehead atoms. The summed E-state index contributed by atoms with van der Waals surface area (Å²) in [7, 11) is 4.05. The van der Waals surface area contributed by atoms with Crippen LogP contribution in [0.4, 0.5) is 5.69 Å². The van der Waals surface area contributed by atoms with E-state index in [2.05, 4.69) is 10.2 Å². The maximum Gasteiger partial charge on any atom is 0.251 e. The molecule has 18 heavy (non-hydrogen) atoms. The predicted molar refractivity (Wildman–Crippen MR) is 75.7 cm³/mol. The minimum Gasteiger partial charge on any atom is -0.399 e. The Kier molecular flexibility index (Phi) is 5.16.